The van der Waals surface area contributed by atoms with Gasteiger partial charge in [-0.25, -0.2) is 14.6 Å². The summed E-state index contributed by atoms with van der Waals surface area (Å²) < 4.78 is 11.3. The molecule has 1 aromatic carbocycles. The van der Waals surface area contributed by atoms with Gasteiger partial charge in [-0.2, -0.15) is 0 Å². The highest BCUT2D eigenvalue weighted by molar-refractivity contribution is 5.95. The van der Waals surface area contributed by atoms with E-state index in [9.17, 15) is 19.2 Å². The molecule has 0 radical (unpaired) electrons. The van der Waals surface area contributed by atoms with Crippen LogP contribution in [0.25, 0.3) is 0 Å². The molecule has 2 aromatic rings. The molecule has 146 valence electrons. The lowest BCUT2D eigenvalue weighted by Crippen LogP contribution is -2.53. The van der Waals surface area contributed by atoms with Crippen molar-refractivity contribution < 1.29 is 23.9 Å². The second-order valence-electron chi connectivity index (χ2n) is 6.65. The summed E-state index contributed by atoms with van der Waals surface area (Å²) in [6.45, 7) is 4.64. The average molecular weight is 385 g/mol. The minimum atomic E-state index is -1.00. The SMILES string of the molecule is CCOC(=O)c1nc2n(c(=O)c1OC(=O)c1ccccc1)CC(=O)NC2(C)C. The smallest absolute Gasteiger partial charge is 0.361 e. The van der Waals surface area contributed by atoms with E-state index in [1.165, 1.54) is 12.1 Å². The Bertz CT molecular complexity index is 1010. The van der Waals surface area contributed by atoms with Crippen LogP contribution in [0.1, 0.15) is 47.4 Å². The largest absolute Gasteiger partial charge is 0.461 e. The van der Waals surface area contributed by atoms with Crippen LogP contribution in [0.2, 0.25) is 0 Å². The van der Waals surface area contributed by atoms with Crippen molar-refractivity contribution in [3.8, 4) is 5.75 Å². The van der Waals surface area contributed by atoms with E-state index < -0.39 is 40.4 Å². The molecule has 28 heavy (non-hydrogen) atoms. The summed E-state index contributed by atoms with van der Waals surface area (Å²) in [5.41, 5.74) is -2.03. The summed E-state index contributed by atoms with van der Waals surface area (Å²) in [6.07, 6.45) is 0. The quantitative estimate of drug-likeness (QED) is 0.781. The first-order chi connectivity index (χ1) is 13.2. The molecule has 1 amide bonds. The van der Waals surface area contributed by atoms with Crippen LogP contribution in [0.4, 0.5) is 0 Å². The van der Waals surface area contributed by atoms with Crippen molar-refractivity contribution in [3.05, 3.63) is 57.8 Å². The van der Waals surface area contributed by atoms with Gasteiger partial charge in [0.15, 0.2) is 5.69 Å². The first-order valence-electron chi connectivity index (χ1n) is 8.65. The van der Waals surface area contributed by atoms with Gasteiger partial charge in [-0.05, 0) is 32.9 Å². The minimum absolute atomic E-state index is 0.0468. The highest BCUT2D eigenvalue weighted by Crippen LogP contribution is 2.24. The molecule has 1 aliphatic heterocycles. The van der Waals surface area contributed by atoms with Gasteiger partial charge in [0.25, 0.3) is 5.56 Å². The van der Waals surface area contributed by atoms with Crippen LogP contribution in [0, 0.1) is 0 Å². The maximum atomic E-state index is 13.0. The Morgan fingerprint density at radius 1 is 1.18 bits per heavy atom. The zero-order chi connectivity index (χ0) is 20.5. The number of nitrogens with one attached hydrogen (secondary N) is 1. The third kappa shape index (κ3) is 3.51. The molecular formula is C19H19N3O6. The maximum Gasteiger partial charge on any atom is 0.361 e. The van der Waals surface area contributed by atoms with Crippen molar-refractivity contribution in [1.29, 1.82) is 0 Å². The standard InChI is InChI=1S/C19H19N3O6/c1-4-27-17(26)13-14(28-16(25)11-8-6-5-7-9-11)15(24)22-10-12(23)21-19(2,3)18(22)20-13/h5-9H,4,10H2,1-3H3,(H,21,23). The highest BCUT2D eigenvalue weighted by atomic mass is 16.6. The molecule has 1 aliphatic rings. The van der Waals surface area contributed by atoms with E-state index in [-0.39, 0.29) is 24.5 Å². The number of fused-ring (bicyclic) bond motifs is 1. The number of carbonyl (C=O) groups is 3. The second kappa shape index (κ2) is 7.26. The van der Waals surface area contributed by atoms with Gasteiger partial charge in [0.05, 0.1) is 17.7 Å². The van der Waals surface area contributed by atoms with Crippen LogP contribution in [0.3, 0.4) is 0 Å². The van der Waals surface area contributed by atoms with Crippen LogP contribution in [0.15, 0.2) is 35.1 Å². The summed E-state index contributed by atoms with van der Waals surface area (Å²) >= 11 is 0. The van der Waals surface area contributed by atoms with E-state index in [0.717, 1.165) is 4.57 Å². The molecule has 0 spiro atoms. The van der Waals surface area contributed by atoms with Gasteiger partial charge in [0, 0.05) is 0 Å². The summed E-state index contributed by atoms with van der Waals surface area (Å²) in [5.74, 6) is -2.52. The third-order valence-corrected chi connectivity index (χ3v) is 4.11. The van der Waals surface area contributed by atoms with Crippen molar-refractivity contribution in [2.45, 2.75) is 32.9 Å². The van der Waals surface area contributed by atoms with Crippen LogP contribution in [-0.4, -0.2) is 34.0 Å². The van der Waals surface area contributed by atoms with Crippen LogP contribution in [-0.2, 0) is 21.6 Å². The summed E-state index contributed by atoms with van der Waals surface area (Å²) in [4.78, 5) is 54.0. The fourth-order valence-corrected chi connectivity index (χ4v) is 2.90. The van der Waals surface area contributed by atoms with Crippen molar-refractivity contribution in [3.63, 3.8) is 0 Å². The number of aromatic nitrogens is 2. The molecule has 0 saturated carbocycles. The van der Waals surface area contributed by atoms with E-state index >= 15 is 0 Å². The Hall–Kier alpha value is -3.49. The lowest BCUT2D eigenvalue weighted by molar-refractivity contribution is -0.125. The molecule has 1 aromatic heterocycles. The number of ether oxygens (including phenoxy) is 2. The topological polar surface area (TPSA) is 117 Å². The van der Waals surface area contributed by atoms with Gasteiger partial charge in [-0.1, -0.05) is 18.2 Å². The van der Waals surface area contributed by atoms with Crippen molar-refractivity contribution >= 4 is 17.8 Å². The van der Waals surface area contributed by atoms with Gasteiger partial charge in [-0.15, -0.1) is 0 Å². The number of nitrogens with zero attached hydrogens (tertiary/aromatic N) is 2. The monoisotopic (exact) mass is 385 g/mol. The van der Waals surface area contributed by atoms with Crippen LogP contribution in [0.5, 0.6) is 5.75 Å². The molecule has 0 unspecified atom stereocenters. The first-order valence-corrected chi connectivity index (χ1v) is 8.65. The van der Waals surface area contributed by atoms with Gasteiger partial charge in [-0.3, -0.25) is 14.2 Å². The lowest BCUT2D eigenvalue weighted by Gasteiger charge is -2.33. The summed E-state index contributed by atoms with van der Waals surface area (Å²) in [6, 6.07) is 8.00. The van der Waals surface area contributed by atoms with Gasteiger partial charge >= 0.3 is 11.9 Å². The van der Waals surface area contributed by atoms with E-state index in [1.54, 1.807) is 39.0 Å². The fourth-order valence-electron chi connectivity index (χ4n) is 2.90. The summed E-state index contributed by atoms with van der Waals surface area (Å²) in [5, 5.41) is 2.70. The van der Waals surface area contributed by atoms with Gasteiger partial charge < -0.3 is 14.8 Å². The molecule has 0 bridgehead atoms. The Morgan fingerprint density at radius 3 is 2.50 bits per heavy atom. The van der Waals surface area contributed by atoms with Crippen molar-refractivity contribution in [1.82, 2.24) is 14.9 Å². The Labute approximate surface area is 160 Å². The number of carbonyl (C=O) groups excluding carboxylic acids is 3. The summed E-state index contributed by atoms with van der Waals surface area (Å²) in [7, 11) is 0. The molecule has 0 aliphatic carbocycles. The van der Waals surface area contributed by atoms with E-state index in [1.807, 2.05) is 0 Å². The molecule has 1 N–H and O–H groups in total. The predicted molar refractivity (Wildman–Crippen MR) is 97.0 cm³/mol. The van der Waals surface area contributed by atoms with Gasteiger partial charge in [0.1, 0.15) is 12.4 Å². The molecular weight excluding hydrogens is 366 g/mol. The minimum Gasteiger partial charge on any atom is -0.461 e. The van der Waals surface area contributed by atoms with Crippen LogP contribution >= 0.6 is 0 Å². The van der Waals surface area contributed by atoms with Crippen molar-refractivity contribution in [2.24, 2.45) is 0 Å². The first kappa shape index (κ1) is 19.3. The molecule has 0 saturated heterocycles. The molecule has 3 rings (SSSR count). The Morgan fingerprint density at radius 2 is 1.86 bits per heavy atom. The maximum absolute atomic E-state index is 13.0. The zero-order valence-corrected chi connectivity index (χ0v) is 15.6. The Kier molecular flexibility index (Phi) is 5.00. The number of benzene rings is 1. The normalized spacial score (nSPS) is 14.6. The molecule has 9 nitrogen and oxygen atoms in total. The highest BCUT2D eigenvalue weighted by Gasteiger charge is 2.37. The molecule has 0 atom stereocenters. The fraction of sp³-hybridized carbons (Fsp3) is 0.316. The number of amides is 1. The third-order valence-electron chi connectivity index (χ3n) is 4.11. The Balaban J connectivity index is 2.16. The van der Waals surface area contributed by atoms with E-state index in [2.05, 4.69) is 10.3 Å². The number of hydrogen-bond acceptors (Lipinski definition) is 7. The van der Waals surface area contributed by atoms with E-state index in [4.69, 9.17) is 9.47 Å². The van der Waals surface area contributed by atoms with Crippen LogP contribution < -0.4 is 15.6 Å². The average Bonchev–Trinajstić information content (AvgIpc) is 2.64. The molecule has 9 heteroatoms. The number of esters is 2. The zero-order valence-electron chi connectivity index (χ0n) is 15.6. The number of hydrogen-bond donors (Lipinski definition) is 1. The van der Waals surface area contributed by atoms with Gasteiger partial charge in [0.2, 0.25) is 11.7 Å². The molecule has 2 heterocycles. The van der Waals surface area contributed by atoms with Crippen molar-refractivity contribution in [2.75, 3.05) is 6.61 Å². The molecule has 0 fully saturated rings. The second-order valence-corrected chi connectivity index (χ2v) is 6.65. The number of rotatable bonds is 4. The van der Waals surface area contributed by atoms with E-state index in [0.29, 0.717) is 0 Å². The lowest BCUT2D eigenvalue weighted by atomic mass is 10.0. The predicted octanol–water partition coefficient (Wildman–Crippen LogP) is 1.00.